The predicted molar refractivity (Wildman–Crippen MR) is 71.1 cm³/mol. The Morgan fingerprint density at radius 3 is 2.90 bits per heavy atom. The van der Waals surface area contributed by atoms with Crippen LogP contribution in [0.25, 0.3) is 0 Å². The molecule has 4 amide bonds. The van der Waals surface area contributed by atoms with Crippen molar-refractivity contribution < 1.29 is 14.4 Å². The number of piperidine rings is 1. The van der Waals surface area contributed by atoms with Crippen molar-refractivity contribution in [1.82, 2.24) is 20.5 Å². The van der Waals surface area contributed by atoms with Gasteiger partial charge >= 0.3 is 6.03 Å². The second-order valence-corrected chi connectivity index (χ2v) is 5.78. The van der Waals surface area contributed by atoms with Gasteiger partial charge < -0.3 is 16.0 Å². The lowest BCUT2D eigenvalue weighted by atomic mass is 9.89. The van der Waals surface area contributed by atoms with Gasteiger partial charge in [-0.2, -0.15) is 0 Å². The van der Waals surface area contributed by atoms with Crippen molar-refractivity contribution in [3.8, 4) is 0 Å². The van der Waals surface area contributed by atoms with Gasteiger partial charge in [-0.3, -0.25) is 14.9 Å². The number of imide groups is 1. The van der Waals surface area contributed by atoms with E-state index >= 15 is 0 Å². The number of rotatable bonds is 1. The number of amides is 4. The molecule has 20 heavy (non-hydrogen) atoms. The van der Waals surface area contributed by atoms with Crippen LogP contribution in [0, 0.1) is 0 Å². The highest BCUT2D eigenvalue weighted by molar-refractivity contribution is 7.13. The fraction of sp³-hybridized carbons (Fsp3) is 0.455. The second-order valence-electron chi connectivity index (χ2n) is 4.89. The standard InChI is InChI=1S/C11H13N5O3S/c12-9-13-6(4-20-9)7(17)16-3-1-2-11(5-16)8(18)14-10(19)15-11/h4H,1-3,5H2,(H2,12,13)(H2,14,15,18,19). The Kier molecular flexibility index (Phi) is 2.85. The molecule has 106 valence electrons. The topological polar surface area (TPSA) is 117 Å². The van der Waals surface area contributed by atoms with E-state index in [9.17, 15) is 14.4 Å². The molecule has 2 fully saturated rings. The molecule has 9 heteroatoms. The summed E-state index contributed by atoms with van der Waals surface area (Å²) in [6, 6.07) is -0.512. The van der Waals surface area contributed by atoms with Crippen LogP contribution in [0.3, 0.4) is 0 Å². The Balaban J connectivity index is 1.80. The summed E-state index contributed by atoms with van der Waals surface area (Å²) in [4.78, 5) is 41.0. The monoisotopic (exact) mass is 295 g/mol. The van der Waals surface area contributed by atoms with Gasteiger partial charge in [-0.25, -0.2) is 9.78 Å². The molecule has 3 rings (SSSR count). The number of hydrogen-bond donors (Lipinski definition) is 3. The van der Waals surface area contributed by atoms with Crippen LogP contribution in [0.15, 0.2) is 5.38 Å². The fourth-order valence-electron chi connectivity index (χ4n) is 2.59. The molecule has 1 aromatic heterocycles. The lowest BCUT2D eigenvalue weighted by Gasteiger charge is -2.37. The quantitative estimate of drug-likeness (QED) is 0.606. The molecule has 8 nitrogen and oxygen atoms in total. The Hall–Kier alpha value is -2.16. The van der Waals surface area contributed by atoms with Crippen LogP contribution < -0.4 is 16.4 Å². The Morgan fingerprint density at radius 1 is 1.50 bits per heavy atom. The number of hydrogen-bond acceptors (Lipinski definition) is 6. The van der Waals surface area contributed by atoms with Gasteiger partial charge in [0.05, 0.1) is 6.54 Å². The summed E-state index contributed by atoms with van der Waals surface area (Å²) in [7, 11) is 0. The summed E-state index contributed by atoms with van der Waals surface area (Å²) < 4.78 is 0. The zero-order chi connectivity index (χ0) is 14.3. The number of carbonyl (C=O) groups excluding carboxylic acids is 3. The smallest absolute Gasteiger partial charge is 0.322 e. The minimum absolute atomic E-state index is 0.154. The molecular weight excluding hydrogens is 282 g/mol. The van der Waals surface area contributed by atoms with Gasteiger partial charge in [-0.15, -0.1) is 11.3 Å². The highest BCUT2D eigenvalue weighted by atomic mass is 32.1. The molecular formula is C11H13N5O3S. The first-order valence-electron chi connectivity index (χ1n) is 6.14. The number of nitrogens with two attached hydrogens (primary N) is 1. The number of anilines is 1. The molecule has 2 saturated heterocycles. The average Bonchev–Trinajstić information content (AvgIpc) is 2.94. The number of nitrogens with zero attached hydrogens (tertiary/aromatic N) is 2. The third-order valence-corrected chi connectivity index (χ3v) is 4.21. The highest BCUT2D eigenvalue weighted by Crippen LogP contribution is 2.26. The van der Waals surface area contributed by atoms with Gasteiger partial charge in [-0.05, 0) is 12.8 Å². The lowest BCUT2D eigenvalue weighted by Crippen LogP contribution is -2.59. The molecule has 1 atom stereocenters. The van der Waals surface area contributed by atoms with Gasteiger partial charge in [0.15, 0.2) is 5.13 Å². The van der Waals surface area contributed by atoms with E-state index in [4.69, 9.17) is 5.73 Å². The van der Waals surface area contributed by atoms with Gasteiger partial charge in [0.1, 0.15) is 11.2 Å². The van der Waals surface area contributed by atoms with Crippen LogP contribution in [0.4, 0.5) is 9.93 Å². The Bertz CT molecular complexity index is 601. The molecule has 2 aliphatic rings. The number of carbonyl (C=O) groups is 3. The van der Waals surface area contributed by atoms with Gasteiger partial charge in [0.25, 0.3) is 11.8 Å². The molecule has 0 radical (unpaired) electrons. The maximum atomic E-state index is 12.3. The van der Waals surface area contributed by atoms with Crippen LogP contribution in [-0.4, -0.2) is 46.4 Å². The van der Waals surface area contributed by atoms with E-state index in [1.54, 1.807) is 5.38 Å². The van der Waals surface area contributed by atoms with Crippen molar-refractivity contribution in [2.75, 3.05) is 18.8 Å². The van der Waals surface area contributed by atoms with E-state index in [1.807, 2.05) is 0 Å². The van der Waals surface area contributed by atoms with E-state index in [1.165, 1.54) is 16.2 Å². The van der Waals surface area contributed by atoms with E-state index in [0.717, 1.165) is 0 Å². The normalized spacial score (nSPS) is 25.7. The third kappa shape index (κ3) is 1.99. The zero-order valence-electron chi connectivity index (χ0n) is 10.5. The Labute approximate surface area is 118 Å². The molecule has 2 aliphatic heterocycles. The van der Waals surface area contributed by atoms with Crippen LogP contribution >= 0.6 is 11.3 Å². The molecule has 3 heterocycles. The van der Waals surface area contributed by atoms with Gasteiger partial charge in [-0.1, -0.05) is 0 Å². The first kappa shape index (κ1) is 12.9. The fourth-order valence-corrected chi connectivity index (χ4v) is 3.13. The average molecular weight is 295 g/mol. The molecule has 0 aromatic carbocycles. The number of aromatic nitrogens is 1. The lowest BCUT2D eigenvalue weighted by molar-refractivity contribution is -0.125. The van der Waals surface area contributed by atoms with Crippen LogP contribution in [0.1, 0.15) is 23.3 Å². The van der Waals surface area contributed by atoms with Crippen molar-refractivity contribution in [1.29, 1.82) is 0 Å². The first-order chi connectivity index (χ1) is 9.50. The van der Waals surface area contributed by atoms with Crippen molar-refractivity contribution in [2.24, 2.45) is 0 Å². The summed E-state index contributed by atoms with van der Waals surface area (Å²) in [5.74, 6) is -0.649. The van der Waals surface area contributed by atoms with Crippen molar-refractivity contribution >= 4 is 34.3 Å². The zero-order valence-corrected chi connectivity index (χ0v) is 11.3. The van der Waals surface area contributed by atoms with Crippen LogP contribution in [0.5, 0.6) is 0 Å². The van der Waals surface area contributed by atoms with E-state index in [2.05, 4.69) is 15.6 Å². The number of urea groups is 1. The molecule has 0 saturated carbocycles. The third-order valence-electron chi connectivity index (χ3n) is 3.54. The summed E-state index contributed by atoms with van der Waals surface area (Å²) in [5, 5.41) is 6.76. The minimum atomic E-state index is -1.01. The van der Waals surface area contributed by atoms with Crippen molar-refractivity contribution in [3.63, 3.8) is 0 Å². The van der Waals surface area contributed by atoms with Crippen molar-refractivity contribution in [2.45, 2.75) is 18.4 Å². The summed E-state index contributed by atoms with van der Waals surface area (Å²) in [6.07, 6.45) is 1.16. The van der Waals surface area contributed by atoms with Crippen LogP contribution in [0.2, 0.25) is 0 Å². The molecule has 1 spiro atoms. The predicted octanol–water partition coefficient (Wildman–Crippen LogP) is -0.460. The number of likely N-dealkylation sites (tertiary alicyclic amines) is 1. The molecule has 1 unspecified atom stereocenters. The van der Waals surface area contributed by atoms with E-state index in [-0.39, 0.29) is 24.1 Å². The molecule has 0 aliphatic carbocycles. The highest BCUT2D eigenvalue weighted by Gasteiger charge is 2.49. The van der Waals surface area contributed by atoms with Crippen LogP contribution in [-0.2, 0) is 4.79 Å². The summed E-state index contributed by atoms with van der Waals surface area (Å²) in [5.41, 5.74) is 4.78. The maximum absolute atomic E-state index is 12.3. The molecule has 1 aromatic rings. The largest absolute Gasteiger partial charge is 0.375 e. The van der Waals surface area contributed by atoms with Crippen molar-refractivity contribution in [3.05, 3.63) is 11.1 Å². The Morgan fingerprint density at radius 2 is 2.30 bits per heavy atom. The molecule has 0 bridgehead atoms. The van der Waals surface area contributed by atoms with E-state index in [0.29, 0.717) is 24.5 Å². The minimum Gasteiger partial charge on any atom is -0.375 e. The van der Waals surface area contributed by atoms with Gasteiger partial charge in [0, 0.05) is 11.9 Å². The number of nitrogen functional groups attached to an aromatic ring is 1. The number of nitrogens with one attached hydrogen (secondary N) is 2. The van der Waals surface area contributed by atoms with Gasteiger partial charge in [0.2, 0.25) is 0 Å². The summed E-state index contributed by atoms with van der Waals surface area (Å²) in [6.45, 7) is 0.683. The maximum Gasteiger partial charge on any atom is 0.322 e. The summed E-state index contributed by atoms with van der Waals surface area (Å²) >= 11 is 1.19. The SMILES string of the molecule is Nc1nc(C(=O)N2CCCC3(C2)NC(=O)NC3=O)cs1. The molecule has 4 N–H and O–H groups in total. The first-order valence-corrected chi connectivity index (χ1v) is 7.02. The number of thiazole rings is 1. The van der Waals surface area contributed by atoms with E-state index < -0.39 is 11.6 Å². The second kappa shape index (κ2) is 4.44.